The molecule has 1 aromatic heterocycles. The number of carbonyl (C=O) groups excluding carboxylic acids is 1. The third-order valence-corrected chi connectivity index (χ3v) is 3.56. The normalized spacial score (nSPS) is 10.2. The number of benzene rings is 2. The Labute approximate surface area is 140 Å². The molecule has 24 heavy (non-hydrogen) atoms. The Morgan fingerprint density at radius 2 is 1.79 bits per heavy atom. The van der Waals surface area contributed by atoms with Crippen LogP contribution < -0.4 is 10.6 Å². The van der Waals surface area contributed by atoms with Crippen LogP contribution in [0.1, 0.15) is 12.5 Å². The summed E-state index contributed by atoms with van der Waals surface area (Å²) in [6.07, 6.45) is 1.54. The number of hydrogen-bond donors (Lipinski definition) is 2. The van der Waals surface area contributed by atoms with Crippen LogP contribution in [-0.4, -0.2) is 15.9 Å². The van der Waals surface area contributed by atoms with Gasteiger partial charge in [-0.2, -0.15) is 0 Å². The quantitative estimate of drug-likeness (QED) is 0.758. The Bertz CT molecular complexity index is 862. The molecule has 120 valence electrons. The van der Waals surface area contributed by atoms with Crippen molar-refractivity contribution in [3.05, 3.63) is 66.5 Å². The van der Waals surface area contributed by atoms with Crippen molar-refractivity contribution in [3.63, 3.8) is 0 Å². The van der Waals surface area contributed by atoms with Gasteiger partial charge in [0.15, 0.2) is 0 Å². The highest BCUT2D eigenvalue weighted by atomic mass is 16.1. The van der Waals surface area contributed by atoms with Crippen LogP contribution in [0.15, 0.2) is 60.9 Å². The van der Waals surface area contributed by atoms with E-state index in [1.807, 2.05) is 61.5 Å². The molecule has 0 saturated heterocycles. The lowest BCUT2D eigenvalue weighted by molar-refractivity contribution is -0.114. The number of amides is 1. The molecular formula is C19H18N4O. The molecule has 5 nitrogen and oxygen atoms in total. The van der Waals surface area contributed by atoms with Crippen LogP contribution in [0.3, 0.4) is 0 Å². The van der Waals surface area contributed by atoms with Crippen LogP contribution in [0.4, 0.5) is 17.2 Å². The summed E-state index contributed by atoms with van der Waals surface area (Å²) in [5.74, 6) is 0.602. The van der Waals surface area contributed by atoms with Crippen LogP contribution in [0, 0.1) is 6.92 Å². The fourth-order valence-corrected chi connectivity index (χ4v) is 2.36. The minimum atomic E-state index is -0.0938. The van der Waals surface area contributed by atoms with Crippen molar-refractivity contribution in [3.8, 4) is 11.3 Å². The van der Waals surface area contributed by atoms with Crippen molar-refractivity contribution in [2.45, 2.75) is 13.8 Å². The Morgan fingerprint density at radius 3 is 2.54 bits per heavy atom. The zero-order valence-corrected chi connectivity index (χ0v) is 13.6. The molecule has 0 aliphatic rings. The van der Waals surface area contributed by atoms with Crippen LogP contribution in [0.25, 0.3) is 11.3 Å². The molecule has 0 spiro atoms. The first kappa shape index (κ1) is 15.7. The predicted molar refractivity (Wildman–Crippen MR) is 96.2 cm³/mol. The number of aryl methyl sites for hydroxylation is 1. The van der Waals surface area contributed by atoms with Crippen molar-refractivity contribution < 1.29 is 4.79 Å². The highest BCUT2D eigenvalue weighted by Crippen LogP contribution is 2.24. The van der Waals surface area contributed by atoms with Gasteiger partial charge in [0.05, 0.1) is 5.69 Å². The summed E-state index contributed by atoms with van der Waals surface area (Å²) in [7, 11) is 0. The maximum absolute atomic E-state index is 11.3. The molecule has 1 heterocycles. The molecule has 1 amide bonds. The average Bonchev–Trinajstić information content (AvgIpc) is 2.58. The highest BCUT2D eigenvalue weighted by molar-refractivity contribution is 5.90. The molecular weight excluding hydrogens is 300 g/mol. The molecule has 0 aliphatic heterocycles. The summed E-state index contributed by atoms with van der Waals surface area (Å²) < 4.78 is 0. The summed E-state index contributed by atoms with van der Waals surface area (Å²) in [6.45, 7) is 3.45. The molecule has 0 bridgehead atoms. The van der Waals surface area contributed by atoms with E-state index in [0.29, 0.717) is 5.82 Å². The van der Waals surface area contributed by atoms with Gasteiger partial charge in [-0.15, -0.1) is 0 Å². The van der Waals surface area contributed by atoms with E-state index in [2.05, 4.69) is 20.6 Å². The average molecular weight is 318 g/mol. The largest absolute Gasteiger partial charge is 0.340 e. The molecule has 0 radical (unpaired) electrons. The molecule has 3 aromatic rings. The predicted octanol–water partition coefficient (Wildman–Crippen LogP) is 4.15. The van der Waals surface area contributed by atoms with E-state index in [1.165, 1.54) is 13.3 Å². The first-order valence-electron chi connectivity index (χ1n) is 7.64. The van der Waals surface area contributed by atoms with E-state index in [0.717, 1.165) is 28.2 Å². The number of nitrogens with one attached hydrogen (secondary N) is 2. The van der Waals surface area contributed by atoms with Gasteiger partial charge in [-0.1, -0.05) is 36.4 Å². The van der Waals surface area contributed by atoms with Crippen LogP contribution in [0.2, 0.25) is 0 Å². The summed E-state index contributed by atoms with van der Waals surface area (Å²) >= 11 is 0. The van der Waals surface area contributed by atoms with Crippen molar-refractivity contribution in [2.75, 3.05) is 10.6 Å². The topological polar surface area (TPSA) is 66.9 Å². The molecule has 0 saturated carbocycles. The molecule has 3 rings (SSSR count). The van der Waals surface area contributed by atoms with E-state index in [4.69, 9.17) is 0 Å². The summed E-state index contributed by atoms with van der Waals surface area (Å²) in [5.41, 5.74) is 4.52. The third kappa shape index (κ3) is 3.76. The van der Waals surface area contributed by atoms with Gasteiger partial charge in [-0.25, -0.2) is 9.97 Å². The number of aromatic nitrogens is 2. The van der Waals surface area contributed by atoms with Gasteiger partial charge in [0.2, 0.25) is 5.91 Å². The number of anilines is 3. The molecule has 0 atom stereocenters. The lowest BCUT2D eigenvalue weighted by Gasteiger charge is -2.11. The number of nitrogens with zero attached hydrogens (tertiary/aromatic N) is 2. The first-order valence-corrected chi connectivity index (χ1v) is 7.64. The second kappa shape index (κ2) is 6.91. The van der Waals surface area contributed by atoms with Gasteiger partial charge in [-0.3, -0.25) is 4.79 Å². The van der Waals surface area contributed by atoms with E-state index in [1.54, 1.807) is 0 Å². The van der Waals surface area contributed by atoms with Gasteiger partial charge in [0, 0.05) is 29.9 Å². The van der Waals surface area contributed by atoms with Gasteiger partial charge < -0.3 is 10.6 Å². The van der Waals surface area contributed by atoms with Crippen molar-refractivity contribution in [2.24, 2.45) is 0 Å². The lowest BCUT2D eigenvalue weighted by atomic mass is 10.1. The smallest absolute Gasteiger partial charge is 0.221 e. The summed E-state index contributed by atoms with van der Waals surface area (Å²) in [5, 5.41) is 6.08. The van der Waals surface area contributed by atoms with E-state index in [-0.39, 0.29) is 5.91 Å². The first-order chi connectivity index (χ1) is 11.6. The fourth-order valence-electron chi connectivity index (χ4n) is 2.36. The SMILES string of the molecule is CC(=O)Nc1cc(Nc2cc(-c3ccccc3)ncn2)ccc1C. The van der Waals surface area contributed by atoms with Crippen LogP contribution >= 0.6 is 0 Å². The van der Waals surface area contributed by atoms with E-state index in [9.17, 15) is 4.79 Å². The van der Waals surface area contributed by atoms with Crippen molar-refractivity contribution in [1.29, 1.82) is 0 Å². The molecule has 2 N–H and O–H groups in total. The monoisotopic (exact) mass is 318 g/mol. The Kier molecular flexibility index (Phi) is 4.52. The third-order valence-electron chi connectivity index (χ3n) is 3.56. The number of carbonyl (C=O) groups is 1. The zero-order valence-electron chi connectivity index (χ0n) is 13.6. The standard InChI is InChI=1S/C19H18N4O/c1-13-8-9-16(10-17(13)22-14(2)24)23-19-11-18(20-12-21-19)15-6-4-3-5-7-15/h3-12H,1-2H3,(H,22,24)(H,20,21,23). The minimum Gasteiger partial charge on any atom is -0.340 e. The van der Waals surface area contributed by atoms with Crippen LogP contribution in [0.5, 0.6) is 0 Å². The Hall–Kier alpha value is -3.21. The van der Waals surface area contributed by atoms with Crippen molar-refractivity contribution in [1.82, 2.24) is 9.97 Å². The van der Waals surface area contributed by atoms with Gasteiger partial charge in [0.25, 0.3) is 0 Å². The van der Waals surface area contributed by atoms with Crippen LogP contribution in [-0.2, 0) is 4.79 Å². The Balaban J connectivity index is 1.85. The minimum absolute atomic E-state index is 0.0938. The fraction of sp³-hybridized carbons (Fsp3) is 0.105. The number of rotatable bonds is 4. The van der Waals surface area contributed by atoms with Gasteiger partial charge in [0.1, 0.15) is 12.1 Å². The van der Waals surface area contributed by atoms with Gasteiger partial charge >= 0.3 is 0 Å². The molecule has 0 aliphatic carbocycles. The highest BCUT2D eigenvalue weighted by Gasteiger charge is 2.05. The second-order valence-corrected chi connectivity index (χ2v) is 5.49. The van der Waals surface area contributed by atoms with E-state index < -0.39 is 0 Å². The maximum Gasteiger partial charge on any atom is 0.221 e. The van der Waals surface area contributed by atoms with Crippen molar-refractivity contribution >= 4 is 23.1 Å². The molecule has 0 fully saturated rings. The van der Waals surface area contributed by atoms with Gasteiger partial charge in [-0.05, 0) is 24.6 Å². The zero-order chi connectivity index (χ0) is 16.9. The summed E-state index contributed by atoms with van der Waals surface area (Å²) in [4.78, 5) is 19.9. The molecule has 5 heteroatoms. The maximum atomic E-state index is 11.3. The number of hydrogen-bond acceptors (Lipinski definition) is 4. The molecule has 2 aromatic carbocycles. The summed E-state index contributed by atoms with van der Waals surface area (Å²) in [6, 6.07) is 17.6. The lowest BCUT2D eigenvalue weighted by Crippen LogP contribution is -2.07. The Morgan fingerprint density at radius 1 is 1.00 bits per heavy atom. The van der Waals surface area contributed by atoms with E-state index >= 15 is 0 Å². The molecule has 0 unspecified atom stereocenters. The second-order valence-electron chi connectivity index (χ2n) is 5.49.